The van der Waals surface area contributed by atoms with Crippen molar-refractivity contribution in [2.75, 3.05) is 14.2 Å². The molecule has 3 aromatic rings. The quantitative estimate of drug-likeness (QED) is 0.472. The number of carbonyl (C=O) groups excluding carboxylic acids is 1. The van der Waals surface area contributed by atoms with E-state index in [-0.39, 0.29) is 11.5 Å². The molecule has 0 aromatic carbocycles. The first kappa shape index (κ1) is 19.0. The number of hydrazone groups is 1. The van der Waals surface area contributed by atoms with Crippen molar-refractivity contribution < 1.29 is 22.7 Å². The van der Waals surface area contributed by atoms with Gasteiger partial charge in [-0.05, 0) is 18.2 Å². The summed E-state index contributed by atoms with van der Waals surface area (Å²) in [5.74, 6) is -0.857. The van der Waals surface area contributed by atoms with Gasteiger partial charge in [0.15, 0.2) is 0 Å². The Kier molecular flexibility index (Phi) is 5.63. The Morgan fingerprint density at radius 2 is 2.11 bits per heavy atom. The highest BCUT2D eigenvalue weighted by Gasteiger charge is 2.17. The topological polar surface area (TPSA) is 107 Å². The van der Waals surface area contributed by atoms with Crippen LogP contribution in [0.15, 0.2) is 46.3 Å². The van der Waals surface area contributed by atoms with Crippen LogP contribution < -0.4 is 4.74 Å². The number of halogens is 2. The molecule has 0 aliphatic heterocycles. The van der Waals surface area contributed by atoms with Crippen molar-refractivity contribution in [3.63, 3.8) is 0 Å². The van der Waals surface area contributed by atoms with Gasteiger partial charge in [-0.2, -0.15) is 13.9 Å². The zero-order chi connectivity index (χ0) is 20.1. The summed E-state index contributed by atoms with van der Waals surface area (Å²) in [5, 5.41) is 12.0. The van der Waals surface area contributed by atoms with Crippen molar-refractivity contribution in [1.29, 1.82) is 0 Å². The van der Waals surface area contributed by atoms with E-state index in [1.807, 2.05) is 0 Å². The van der Waals surface area contributed by atoms with Crippen molar-refractivity contribution >= 4 is 12.1 Å². The van der Waals surface area contributed by atoms with Crippen LogP contribution in [0.1, 0.15) is 28.4 Å². The van der Waals surface area contributed by atoms with E-state index in [2.05, 4.69) is 25.3 Å². The SMILES string of the molecule is COc1ccncc1C(=O)N(C)/N=C/c1ccc(-c2nnc(C(F)F)o2)cn1. The number of hydrogen-bond donors (Lipinski definition) is 0. The van der Waals surface area contributed by atoms with Gasteiger partial charge in [-0.15, -0.1) is 10.2 Å². The third-order valence-electron chi connectivity index (χ3n) is 3.55. The second-order valence-corrected chi connectivity index (χ2v) is 5.37. The lowest BCUT2D eigenvalue weighted by Crippen LogP contribution is -2.22. The molecular formula is C17H14F2N6O3. The van der Waals surface area contributed by atoms with E-state index in [1.54, 1.807) is 18.2 Å². The molecule has 0 unspecified atom stereocenters. The zero-order valence-corrected chi connectivity index (χ0v) is 14.8. The second-order valence-electron chi connectivity index (χ2n) is 5.37. The number of ether oxygens (including phenoxy) is 1. The molecule has 0 aliphatic rings. The Labute approximate surface area is 157 Å². The minimum Gasteiger partial charge on any atom is -0.496 e. The predicted octanol–water partition coefficient (Wildman–Crippen LogP) is 2.58. The number of nitrogens with zero attached hydrogens (tertiary/aromatic N) is 6. The van der Waals surface area contributed by atoms with Gasteiger partial charge in [-0.1, -0.05) is 0 Å². The Bertz CT molecular complexity index is 991. The summed E-state index contributed by atoms with van der Waals surface area (Å²) in [7, 11) is 2.93. The monoisotopic (exact) mass is 388 g/mol. The van der Waals surface area contributed by atoms with E-state index in [9.17, 15) is 13.6 Å². The summed E-state index contributed by atoms with van der Waals surface area (Å²) >= 11 is 0. The molecule has 0 bridgehead atoms. The van der Waals surface area contributed by atoms with Crippen molar-refractivity contribution in [1.82, 2.24) is 25.2 Å². The van der Waals surface area contributed by atoms with Gasteiger partial charge in [-0.3, -0.25) is 14.8 Å². The highest BCUT2D eigenvalue weighted by molar-refractivity contribution is 5.96. The van der Waals surface area contributed by atoms with Gasteiger partial charge in [0.2, 0.25) is 5.89 Å². The molecule has 0 N–H and O–H groups in total. The summed E-state index contributed by atoms with van der Waals surface area (Å²) < 4.78 is 35.0. The average Bonchev–Trinajstić information content (AvgIpc) is 3.22. The lowest BCUT2D eigenvalue weighted by Gasteiger charge is -2.12. The van der Waals surface area contributed by atoms with E-state index in [4.69, 9.17) is 9.15 Å². The summed E-state index contributed by atoms with van der Waals surface area (Å²) in [6, 6.07) is 4.69. The highest BCUT2D eigenvalue weighted by atomic mass is 19.3. The molecule has 0 fully saturated rings. The molecule has 144 valence electrons. The Balaban J connectivity index is 1.70. The number of rotatable bonds is 6. The standard InChI is InChI=1S/C17H14F2N6O3/c1-25(17(26)12-9-20-6-5-13(12)27-2)22-8-11-4-3-10(7-21-11)15-23-24-16(28-15)14(18)19/h3-9,14H,1-2H3/b22-8+. The second kappa shape index (κ2) is 8.29. The van der Waals surface area contributed by atoms with Crippen LogP contribution in [-0.2, 0) is 0 Å². The Morgan fingerprint density at radius 1 is 1.29 bits per heavy atom. The third-order valence-corrected chi connectivity index (χ3v) is 3.55. The van der Waals surface area contributed by atoms with Gasteiger partial charge < -0.3 is 9.15 Å². The van der Waals surface area contributed by atoms with Crippen molar-refractivity contribution in [3.8, 4) is 17.2 Å². The first-order chi connectivity index (χ1) is 13.5. The lowest BCUT2D eigenvalue weighted by molar-refractivity contribution is 0.0796. The molecule has 3 rings (SSSR count). The molecule has 0 radical (unpaired) electrons. The summed E-state index contributed by atoms with van der Waals surface area (Å²) in [5.41, 5.74) is 1.07. The number of aromatic nitrogens is 4. The van der Waals surface area contributed by atoms with E-state index in [0.717, 1.165) is 5.01 Å². The fourth-order valence-electron chi connectivity index (χ4n) is 2.14. The first-order valence-corrected chi connectivity index (χ1v) is 7.87. The van der Waals surface area contributed by atoms with Gasteiger partial charge in [0, 0.05) is 25.6 Å². The molecule has 3 heterocycles. The molecule has 0 spiro atoms. The van der Waals surface area contributed by atoms with Gasteiger partial charge >= 0.3 is 6.43 Å². The van der Waals surface area contributed by atoms with Gasteiger partial charge in [-0.25, -0.2) is 5.01 Å². The normalized spacial score (nSPS) is 11.2. The smallest absolute Gasteiger partial charge is 0.314 e. The maximum atomic E-state index is 12.5. The number of carbonyl (C=O) groups is 1. The van der Waals surface area contributed by atoms with Crippen LogP contribution in [0.3, 0.4) is 0 Å². The van der Waals surface area contributed by atoms with E-state index >= 15 is 0 Å². The molecule has 0 saturated carbocycles. The maximum Gasteiger partial charge on any atom is 0.314 e. The molecule has 9 nitrogen and oxygen atoms in total. The fraction of sp³-hybridized carbons (Fsp3) is 0.176. The van der Waals surface area contributed by atoms with Gasteiger partial charge in [0.1, 0.15) is 11.3 Å². The highest BCUT2D eigenvalue weighted by Crippen LogP contribution is 2.22. The van der Waals surface area contributed by atoms with Crippen LogP contribution in [0.4, 0.5) is 8.78 Å². The van der Waals surface area contributed by atoms with Crippen molar-refractivity contribution in [3.05, 3.63) is 53.9 Å². The van der Waals surface area contributed by atoms with Crippen LogP contribution in [0.25, 0.3) is 11.5 Å². The Morgan fingerprint density at radius 3 is 2.75 bits per heavy atom. The molecule has 28 heavy (non-hydrogen) atoms. The van der Waals surface area contributed by atoms with Crippen LogP contribution in [0.2, 0.25) is 0 Å². The van der Waals surface area contributed by atoms with E-state index < -0.39 is 18.2 Å². The van der Waals surface area contributed by atoms with Gasteiger partial charge in [0.05, 0.1) is 24.6 Å². The summed E-state index contributed by atoms with van der Waals surface area (Å²) in [6.07, 6.45) is 2.79. The minimum atomic E-state index is -2.84. The largest absolute Gasteiger partial charge is 0.496 e. The number of pyridine rings is 2. The third kappa shape index (κ3) is 4.14. The van der Waals surface area contributed by atoms with E-state index in [1.165, 1.54) is 39.0 Å². The van der Waals surface area contributed by atoms with Crippen LogP contribution in [-0.4, -0.2) is 51.5 Å². The number of methoxy groups -OCH3 is 1. The number of hydrogen-bond acceptors (Lipinski definition) is 8. The first-order valence-electron chi connectivity index (χ1n) is 7.87. The lowest BCUT2D eigenvalue weighted by atomic mass is 10.2. The van der Waals surface area contributed by atoms with Crippen LogP contribution >= 0.6 is 0 Å². The summed E-state index contributed by atoms with van der Waals surface area (Å²) in [6.45, 7) is 0. The zero-order valence-electron chi connectivity index (χ0n) is 14.8. The Hall–Kier alpha value is -3.76. The molecular weight excluding hydrogens is 374 g/mol. The van der Waals surface area contributed by atoms with Crippen molar-refractivity contribution in [2.24, 2.45) is 5.10 Å². The average molecular weight is 388 g/mol. The fourth-order valence-corrected chi connectivity index (χ4v) is 2.14. The molecule has 0 atom stereocenters. The van der Waals surface area contributed by atoms with E-state index in [0.29, 0.717) is 17.0 Å². The number of amides is 1. The summed E-state index contributed by atoms with van der Waals surface area (Å²) in [4.78, 5) is 20.4. The molecule has 0 saturated heterocycles. The molecule has 3 aromatic heterocycles. The maximum absolute atomic E-state index is 12.5. The van der Waals surface area contributed by atoms with Gasteiger partial charge in [0.25, 0.3) is 11.8 Å². The number of alkyl halides is 2. The molecule has 0 aliphatic carbocycles. The minimum absolute atomic E-state index is 0.0674. The van der Waals surface area contributed by atoms with Crippen LogP contribution in [0.5, 0.6) is 5.75 Å². The molecule has 11 heteroatoms. The van der Waals surface area contributed by atoms with Crippen LogP contribution in [0, 0.1) is 0 Å². The molecule has 1 amide bonds. The predicted molar refractivity (Wildman–Crippen MR) is 93.0 cm³/mol. The van der Waals surface area contributed by atoms with Crippen molar-refractivity contribution in [2.45, 2.75) is 6.43 Å².